The van der Waals surface area contributed by atoms with E-state index < -0.39 is 17.7 Å². The standard InChI is InChI=1S/C23H26F3NO/c24-19-4-1-3-18-17(19)8-7-15(13-22(18)28)14-27-11-9-16(10-12-27)23-20(25)5-2-6-21(23)26/h1-6,15-16,22,28H,7-14H2. The van der Waals surface area contributed by atoms with Crippen LogP contribution in [-0.2, 0) is 6.42 Å². The molecule has 0 radical (unpaired) electrons. The maximum atomic E-state index is 14.1. The van der Waals surface area contributed by atoms with Gasteiger partial charge in [0.25, 0.3) is 0 Å². The lowest BCUT2D eigenvalue weighted by molar-refractivity contribution is 0.116. The van der Waals surface area contributed by atoms with Gasteiger partial charge in [-0.3, -0.25) is 0 Å². The largest absolute Gasteiger partial charge is 0.388 e. The maximum absolute atomic E-state index is 14.1. The Balaban J connectivity index is 1.36. The predicted octanol–water partition coefficient (Wildman–Crippen LogP) is 4.97. The number of rotatable bonds is 3. The fraction of sp³-hybridized carbons (Fsp3) is 0.478. The Bertz CT molecular complexity index is 812. The molecule has 1 N–H and O–H groups in total. The number of aliphatic hydroxyl groups is 1. The minimum absolute atomic E-state index is 0.0875. The number of hydrogen-bond donors (Lipinski definition) is 1. The van der Waals surface area contributed by atoms with Crippen molar-refractivity contribution >= 4 is 0 Å². The molecule has 5 heteroatoms. The zero-order valence-electron chi connectivity index (χ0n) is 15.9. The number of piperidine rings is 1. The van der Waals surface area contributed by atoms with Gasteiger partial charge in [0, 0.05) is 12.1 Å². The molecule has 2 aromatic carbocycles. The molecule has 1 fully saturated rings. The van der Waals surface area contributed by atoms with Crippen LogP contribution in [0.2, 0.25) is 0 Å². The summed E-state index contributed by atoms with van der Waals surface area (Å²) >= 11 is 0. The Morgan fingerprint density at radius 1 is 0.893 bits per heavy atom. The molecule has 0 amide bonds. The molecular weight excluding hydrogens is 363 g/mol. The highest BCUT2D eigenvalue weighted by Gasteiger charge is 2.29. The van der Waals surface area contributed by atoms with E-state index in [-0.39, 0.29) is 23.2 Å². The summed E-state index contributed by atoms with van der Waals surface area (Å²) in [6.45, 7) is 2.40. The number of halogens is 3. The van der Waals surface area contributed by atoms with Crippen molar-refractivity contribution in [3.8, 4) is 0 Å². The number of benzene rings is 2. The van der Waals surface area contributed by atoms with Crippen LogP contribution in [0, 0.1) is 23.4 Å². The fourth-order valence-corrected chi connectivity index (χ4v) is 4.90. The van der Waals surface area contributed by atoms with E-state index in [1.54, 1.807) is 6.07 Å². The molecule has 28 heavy (non-hydrogen) atoms. The van der Waals surface area contributed by atoms with Crippen LogP contribution in [0.1, 0.15) is 54.4 Å². The van der Waals surface area contributed by atoms with Gasteiger partial charge >= 0.3 is 0 Å². The highest BCUT2D eigenvalue weighted by molar-refractivity contribution is 5.32. The second kappa shape index (κ2) is 8.26. The number of aliphatic hydroxyl groups excluding tert-OH is 1. The van der Waals surface area contributed by atoms with Crippen LogP contribution in [0.3, 0.4) is 0 Å². The molecule has 0 saturated carbocycles. The topological polar surface area (TPSA) is 23.5 Å². The van der Waals surface area contributed by atoms with Gasteiger partial charge < -0.3 is 10.0 Å². The second-order valence-corrected chi connectivity index (χ2v) is 8.17. The number of likely N-dealkylation sites (tertiary alicyclic amines) is 1. The fourth-order valence-electron chi connectivity index (χ4n) is 4.90. The van der Waals surface area contributed by atoms with E-state index in [0.29, 0.717) is 18.4 Å². The van der Waals surface area contributed by atoms with E-state index in [1.165, 1.54) is 24.3 Å². The van der Waals surface area contributed by atoms with Crippen LogP contribution in [0.5, 0.6) is 0 Å². The molecule has 2 nitrogen and oxygen atoms in total. The van der Waals surface area contributed by atoms with Crippen molar-refractivity contribution in [1.29, 1.82) is 0 Å². The van der Waals surface area contributed by atoms with Crippen molar-refractivity contribution in [1.82, 2.24) is 4.90 Å². The van der Waals surface area contributed by atoms with Crippen molar-refractivity contribution in [2.24, 2.45) is 5.92 Å². The first-order valence-electron chi connectivity index (χ1n) is 10.1. The van der Waals surface area contributed by atoms with E-state index >= 15 is 0 Å². The average Bonchev–Trinajstić information content (AvgIpc) is 2.83. The van der Waals surface area contributed by atoms with Crippen LogP contribution in [0.15, 0.2) is 36.4 Å². The molecular formula is C23H26F3NO. The summed E-state index contributed by atoms with van der Waals surface area (Å²) in [6.07, 6.45) is 2.92. The van der Waals surface area contributed by atoms with Gasteiger partial charge in [-0.2, -0.15) is 0 Å². The number of fused-ring (bicyclic) bond motifs is 1. The first kappa shape index (κ1) is 19.5. The lowest BCUT2D eigenvalue weighted by Crippen LogP contribution is -2.37. The van der Waals surface area contributed by atoms with Gasteiger partial charge in [0.1, 0.15) is 17.5 Å². The minimum atomic E-state index is -0.636. The van der Waals surface area contributed by atoms with E-state index in [9.17, 15) is 18.3 Å². The third-order valence-electron chi connectivity index (χ3n) is 6.39. The quantitative estimate of drug-likeness (QED) is 0.750. The minimum Gasteiger partial charge on any atom is -0.388 e. The summed E-state index contributed by atoms with van der Waals surface area (Å²) in [6, 6.07) is 8.99. The molecule has 2 aromatic rings. The Labute approximate surface area is 164 Å². The van der Waals surface area contributed by atoms with E-state index in [1.807, 2.05) is 6.07 Å². The molecule has 150 valence electrons. The Hall–Kier alpha value is -1.85. The van der Waals surface area contributed by atoms with Gasteiger partial charge in [-0.15, -0.1) is 0 Å². The molecule has 0 aromatic heterocycles. The summed E-state index contributed by atoms with van der Waals surface area (Å²) < 4.78 is 42.2. The highest BCUT2D eigenvalue weighted by atomic mass is 19.1. The normalized spacial score (nSPS) is 24.0. The second-order valence-electron chi connectivity index (χ2n) is 8.17. The molecule has 2 aliphatic rings. The van der Waals surface area contributed by atoms with Crippen molar-refractivity contribution in [2.45, 2.75) is 44.1 Å². The zero-order chi connectivity index (χ0) is 19.7. The highest BCUT2D eigenvalue weighted by Crippen LogP contribution is 2.35. The monoisotopic (exact) mass is 389 g/mol. The van der Waals surface area contributed by atoms with E-state index in [0.717, 1.165) is 44.5 Å². The Morgan fingerprint density at radius 3 is 2.25 bits per heavy atom. The third-order valence-corrected chi connectivity index (χ3v) is 6.39. The molecule has 0 bridgehead atoms. The third kappa shape index (κ3) is 3.96. The summed E-state index contributed by atoms with van der Waals surface area (Å²) in [5, 5.41) is 10.5. The van der Waals surface area contributed by atoms with Gasteiger partial charge in [-0.1, -0.05) is 18.2 Å². The van der Waals surface area contributed by atoms with Crippen LogP contribution in [-0.4, -0.2) is 29.6 Å². The zero-order valence-corrected chi connectivity index (χ0v) is 15.9. The SMILES string of the molecule is OC1CC(CN2CCC(c3c(F)cccc3F)CC2)CCc2c(F)cccc21. The summed E-state index contributed by atoms with van der Waals surface area (Å²) in [4.78, 5) is 2.32. The summed E-state index contributed by atoms with van der Waals surface area (Å²) in [7, 11) is 0. The molecule has 2 unspecified atom stereocenters. The molecule has 0 spiro atoms. The van der Waals surface area contributed by atoms with Crippen molar-refractivity contribution in [2.75, 3.05) is 19.6 Å². The molecule has 1 saturated heterocycles. The van der Waals surface area contributed by atoms with Gasteiger partial charge in [0.05, 0.1) is 6.10 Å². The van der Waals surface area contributed by atoms with Crippen LogP contribution < -0.4 is 0 Å². The average molecular weight is 389 g/mol. The lowest BCUT2D eigenvalue weighted by Gasteiger charge is -2.34. The number of hydrogen-bond acceptors (Lipinski definition) is 2. The van der Waals surface area contributed by atoms with Crippen LogP contribution >= 0.6 is 0 Å². The maximum Gasteiger partial charge on any atom is 0.129 e. The first-order valence-corrected chi connectivity index (χ1v) is 10.1. The number of nitrogens with zero attached hydrogens (tertiary/aromatic N) is 1. The van der Waals surface area contributed by atoms with E-state index in [4.69, 9.17) is 0 Å². The molecule has 1 aliphatic carbocycles. The van der Waals surface area contributed by atoms with Crippen LogP contribution in [0.4, 0.5) is 13.2 Å². The molecule has 4 rings (SSSR count). The van der Waals surface area contributed by atoms with Crippen molar-refractivity contribution in [3.05, 3.63) is 70.5 Å². The van der Waals surface area contributed by atoms with Crippen LogP contribution in [0.25, 0.3) is 0 Å². The lowest BCUT2D eigenvalue weighted by atomic mass is 9.88. The Kier molecular flexibility index (Phi) is 5.74. The van der Waals surface area contributed by atoms with E-state index in [2.05, 4.69) is 4.90 Å². The van der Waals surface area contributed by atoms with Gasteiger partial charge in [-0.05, 0) is 86.4 Å². The first-order chi connectivity index (χ1) is 13.5. The smallest absolute Gasteiger partial charge is 0.129 e. The van der Waals surface area contributed by atoms with Crippen molar-refractivity contribution in [3.63, 3.8) is 0 Å². The molecule has 1 aliphatic heterocycles. The van der Waals surface area contributed by atoms with Gasteiger partial charge in [-0.25, -0.2) is 13.2 Å². The summed E-state index contributed by atoms with van der Waals surface area (Å²) in [5.74, 6) is -0.945. The van der Waals surface area contributed by atoms with Gasteiger partial charge in [0.15, 0.2) is 0 Å². The van der Waals surface area contributed by atoms with Gasteiger partial charge in [0.2, 0.25) is 0 Å². The Morgan fingerprint density at radius 2 is 1.54 bits per heavy atom. The summed E-state index contributed by atoms with van der Waals surface area (Å²) in [5.41, 5.74) is 1.58. The van der Waals surface area contributed by atoms with Crippen molar-refractivity contribution < 1.29 is 18.3 Å². The molecule has 1 heterocycles. The molecule has 2 atom stereocenters. The predicted molar refractivity (Wildman–Crippen MR) is 103 cm³/mol.